The van der Waals surface area contributed by atoms with E-state index in [1.807, 2.05) is 23.1 Å². The molecule has 5 heteroatoms. The zero-order chi connectivity index (χ0) is 16.4. The van der Waals surface area contributed by atoms with Crippen LogP contribution in [0.2, 0.25) is 0 Å². The van der Waals surface area contributed by atoms with E-state index >= 15 is 0 Å². The van der Waals surface area contributed by atoms with E-state index in [1.165, 1.54) is 5.56 Å². The minimum Gasteiger partial charge on any atom is -0.330 e. The van der Waals surface area contributed by atoms with Gasteiger partial charge in [-0.2, -0.15) is 0 Å². The summed E-state index contributed by atoms with van der Waals surface area (Å²) in [6.45, 7) is 2.23. The fourth-order valence-corrected chi connectivity index (χ4v) is 3.33. The highest BCUT2D eigenvalue weighted by atomic mass is 19.2. The van der Waals surface area contributed by atoms with Crippen LogP contribution in [0.3, 0.4) is 0 Å². The first-order valence-corrected chi connectivity index (χ1v) is 7.69. The van der Waals surface area contributed by atoms with Gasteiger partial charge in [0.05, 0.1) is 0 Å². The van der Waals surface area contributed by atoms with Gasteiger partial charge in [0, 0.05) is 37.2 Å². The van der Waals surface area contributed by atoms with Gasteiger partial charge < -0.3 is 5.73 Å². The maximum absolute atomic E-state index is 13.8. The molecule has 122 valence electrons. The van der Waals surface area contributed by atoms with Gasteiger partial charge in [-0.25, -0.2) is 13.2 Å². The average molecular weight is 320 g/mol. The van der Waals surface area contributed by atoms with Crippen LogP contribution < -0.4 is 5.73 Å². The van der Waals surface area contributed by atoms with Crippen molar-refractivity contribution in [3.63, 3.8) is 0 Å². The van der Waals surface area contributed by atoms with Gasteiger partial charge in [0.15, 0.2) is 11.6 Å². The van der Waals surface area contributed by atoms with Crippen molar-refractivity contribution in [3.05, 3.63) is 71.0 Å². The largest absolute Gasteiger partial charge is 0.330 e. The first-order chi connectivity index (χ1) is 11.1. The van der Waals surface area contributed by atoms with Crippen LogP contribution in [0.25, 0.3) is 0 Å². The summed E-state index contributed by atoms with van der Waals surface area (Å²) in [4.78, 5) is 2.05. The van der Waals surface area contributed by atoms with E-state index in [9.17, 15) is 13.2 Å². The minimum atomic E-state index is -1.16. The Morgan fingerprint density at radius 1 is 0.957 bits per heavy atom. The van der Waals surface area contributed by atoms with Crippen molar-refractivity contribution in [2.75, 3.05) is 19.6 Å². The zero-order valence-electron chi connectivity index (χ0n) is 12.7. The molecule has 2 atom stereocenters. The summed E-state index contributed by atoms with van der Waals surface area (Å²) < 4.78 is 40.2. The number of benzene rings is 2. The molecule has 1 aliphatic heterocycles. The van der Waals surface area contributed by atoms with E-state index < -0.39 is 17.5 Å². The van der Waals surface area contributed by atoms with Crippen LogP contribution in [0.4, 0.5) is 13.2 Å². The molecule has 3 rings (SSSR count). The van der Waals surface area contributed by atoms with Crippen molar-refractivity contribution in [2.45, 2.75) is 12.5 Å². The molecule has 1 saturated heterocycles. The van der Waals surface area contributed by atoms with E-state index in [2.05, 4.69) is 12.1 Å². The second-order valence-electron chi connectivity index (χ2n) is 6.06. The fraction of sp³-hybridized carbons (Fsp3) is 0.333. The maximum atomic E-state index is 13.8. The van der Waals surface area contributed by atoms with Gasteiger partial charge in [0.1, 0.15) is 5.82 Å². The lowest BCUT2D eigenvalue weighted by Crippen LogP contribution is -2.23. The first-order valence-electron chi connectivity index (χ1n) is 7.69. The Bertz CT molecular complexity index is 675. The van der Waals surface area contributed by atoms with Gasteiger partial charge in [0.25, 0.3) is 0 Å². The Balaban J connectivity index is 1.77. The van der Waals surface area contributed by atoms with Gasteiger partial charge in [-0.15, -0.1) is 0 Å². The molecule has 0 unspecified atom stereocenters. The lowest BCUT2D eigenvalue weighted by molar-refractivity contribution is 0.310. The van der Waals surface area contributed by atoms with Crippen molar-refractivity contribution in [1.29, 1.82) is 0 Å². The Labute approximate surface area is 133 Å². The van der Waals surface area contributed by atoms with E-state index in [4.69, 9.17) is 5.73 Å². The molecule has 0 aliphatic carbocycles. The number of hydrogen-bond acceptors (Lipinski definition) is 2. The van der Waals surface area contributed by atoms with E-state index in [0.717, 1.165) is 12.6 Å². The van der Waals surface area contributed by atoms with Crippen LogP contribution >= 0.6 is 0 Å². The number of hydrogen-bond donors (Lipinski definition) is 1. The van der Waals surface area contributed by atoms with E-state index in [1.54, 1.807) is 0 Å². The summed E-state index contributed by atoms with van der Waals surface area (Å²) in [6, 6.07) is 11.6. The second kappa shape index (κ2) is 6.72. The first kappa shape index (κ1) is 16.0. The average Bonchev–Trinajstić information content (AvgIpc) is 2.96. The summed E-state index contributed by atoms with van der Waals surface area (Å²) in [5, 5.41) is 0. The quantitative estimate of drug-likeness (QED) is 0.876. The number of rotatable bonds is 4. The predicted molar refractivity (Wildman–Crippen MR) is 83.3 cm³/mol. The number of nitrogens with two attached hydrogens (primary N) is 1. The highest BCUT2D eigenvalue weighted by molar-refractivity contribution is 5.24. The lowest BCUT2D eigenvalue weighted by Gasteiger charge is -2.17. The number of halogens is 3. The van der Waals surface area contributed by atoms with Gasteiger partial charge in [-0.05, 0) is 24.1 Å². The van der Waals surface area contributed by atoms with Crippen molar-refractivity contribution in [1.82, 2.24) is 4.90 Å². The van der Waals surface area contributed by atoms with Crippen LogP contribution in [0.1, 0.15) is 17.0 Å². The van der Waals surface area contributed by atoms with Crippen molar-refractivity contribution >= 4 is 0 Å². The van der Waals surface area contributed by atoms with E-state index in [-0.39, 0.29) is 23.9 Å². The molecule has 0 radical (unpaired) electrons. The van der Waals surface area contributed by atoms with Crippen molar-refractivity contribution in [3.8, 4) is 0 Å². The monoisotopic (exact) mass is 320 g/mol. The third kappa shape index (κ3) is 3.41. The van der Waals surface area contributed by atoms with Gasteiger partial charge in [0.2, 0.25) is 0 Å². The molecule has 1 fully saturated rings. The van der Waals surface area contributed by atoms with Gasteiger partial charge >= 0.3 is 0 Å². The highest BCUT2D eigenvalue weighted by Crippen LogP contribution is 2.33. The molecule has 0 bridgehead atoms. The smallest absolute Gasteiger partial charge is 0.161 e. The van der Waals surface area contributed by atoms with Crippen molar-refractivity contribution < 1.29 is 13.2 Å². The Hall–Kier alpha value is -1.85. The molecule has 0 spiro atoms. The van der Waals surface area contributed by atoms with Crippen molar-refractivity contribution in [2.24, 2.45) is 11.7 Å². The molecule has 1 heterocycles. The maximum Gasteiger partial charge on any atom is 0.161 e. The second-order valence-corrected chi connectivity index (χ2v) is 6.06. The number of nitrogens with zero attached hydrogens (tertiary/aromatic N) is 1. The summed E-state index contributed by atoms with van der Waals surface area (Å²) in [6.07, 6.45) is 0. The van der Waals surface area contributed by atoms with Crippen LogP contribution in [0.5, 0.6) is 0 Å². The molecule has 2 nitrogen and oxygen atoms in total. The molecule has 2 aromatic rings. The number of likely N-dealkylation sites (tertiary alicyclic amines) is 1. The molecule has 0 amide bonds. The van der Waals surface area contributed by atoms with Crippen LogP contribution in [-0.4, -0.2) is 24.5 Å². The molecule has 1 aliphatic rings. The zero-order valence-corrected chi connectivity index (χ0v) is 12.7. The molecule has 2 N–H and O–H groups in total. The van der Waals surface area contributed by atoms with Crippen LogP contribution in [0, 0.1) is 23.4 Å². The van der Waals surface area contributed by atoms with E-state index in [0.29, 0.717) is 19.2 Å². The highest BCUT2D eigenvalue weighted by Gasteiger charge is 2.33. The topological polar surface area (TPSA) is 29.3 Å². The third-order valence-corrected chi connectivity index (χ3v) is 4.53. The standard InChI is InChI=1S/C18H19F3N2/c19-16-7-18(21)17(20)6-13(16)9-23-10-14(8-22)15(11-23)12-4-2-1-3-5-12/h1-7,14-15H,8-11,22H2/t14-,15+/m1/s1. The summed E-state index contributed by atoms with van der Waals surface area (Å²) in [7, 11) is 0. The molecule has 0 saturated carbocycles. The summed E-state index contributed by atoms with van der Waals surface area (Å²) >= 11 is 0. The fourth-order valence-electron chi connectivity index (χ4n) is 3.33. The minimum absolute atomic E-state index is 0.174. The summed E-state index contributed by atoms with van der Waals surface area (Å²) in [5.41, 5.74) is 7.26. The van der Waals surface area contributed by atoms with Crippen LogP contribution in [-0.2, 0) is 6.54 Å². The van der Waals surface area contributed by atoms with Gasteiger partial charge in [-0.1, -0.05) is 30.3 Å². The van der Waals surface area contributed by atoms with Gasteiger partial charge in [-0.3, -0.25) is 4.90 Å². The Morgan fingerprint density at radius 2 is 1.65 bits per heavy atom. The molecular weight excluding hydrogens is 301 g/mol. The SMILES string of the molecule is NC[C@@H]1CN(Cc2cc(F)c(F)cc2F)C[C@H]1c1ccccc1. The lowest BCUT2D eigenvalue weighted by atomic mass is 9.89. The molecular formula is C18H19F3N2. The normalized spacial score (nSPS) is 21.7. The Kier molecular flexibility index (Phi) is 4.68. The predicted octanol–water partition coefficient (Wildman–Crippen LogP) is 3.28. The van der Waals surface area contributed by atoms with Crippen LogP contribution in [0.15, 0.2) is 42.5 Å². The molecule has 23 heavy (non-hydrogen) atoms. The molecule has 2 aromatic carbocycles. The summed E-state index contributed by atoms with van der Waals surface area (Å²) in [5.74, 6) is -2.35. The molecule has 0 aromatic heterocycles. The third-order valence-electron chi connectivity index (χ3n) is 4.53. The Morgan fingerprint density at radius 3 is 2.35 bits per heavy atom.